The molecule has 25 heavy (non-hydrogen) atoms. The van der Waals surface area contributed by atoms with Gasteiger partial charge in [-0.3, -0.25) is 9.59 Å². The van der Waals surface area contributed by atoms with Crippen molar-refractivity contribution < 1.29 is 22.7 Å². The van der Waals surface area contributed by atoms with Crippen LogP contribution in [0.4, 0.5) is 5.69 Å². The molecule has 1 amide bonds. The van der Waals surface area contributed by atoms with Crippen molar-refractivity contribution >= 4 is 27.6 Å². The van der Waals surface area contributed by atoms with Crippen LogP contribution in [-0.2, 0) is 30.8 Å². The van der Waals surface area contributed by atoms with E-state index in [1.165, 1.54) is 13.2 Å². The lowest BCUT2D eigenvalue weighted by Gasteiger charge is -2.21. The Morgan fingerprint density at radius 1 is 1.24 bits per heavy atom. The zero-order chi connectivity index (χ0) is 18.8. The molecule has 0 saturated carbocycles. The summed E-state index contributed by atoms with van der Waals surface area (Å²) in [4.78, 5) is 25.2. The number of rotatable bonds is 5. The van der Waals surface area contributed by atoms with Crippen LogP contribution in [0.1, 0.15) is 39.2 Å². The van der Waals surface area contributed by atoms with Gasteiger partial charge in [0.15, 0.2) is 0 Å². The van der Waals surface area contributed by atoms with E-state index in [9.17, 15) is 18.0 Å². The number of sulfonamides is 1. The van der Waals surface area contributed by atoms with Crippen molar-refractivity contribution in [3.05, 3.63) is 23.8 Å². The summed E-state index contributed by atoms with van der Waals surface area (Å²) in [7, 11) is -2.33. The molecule has 2 rings (SSSR count). The minimum absolute atomic E-state index is 0.0309. The maximum absolute atomic E-state index is 12.4. The van der Waals surface area contributed by atoms with Crippen LogP contribution in [0.3, 0.4) is 0 Å². The number of ether oxygens (including phenoxy) is 1. The number of amides is 1. The topological polar surface area (TPSA) is 92.8 Å². The van der Waals surface area contributed by atoms with Crippen LogP contribution >= 0.6 is 0 Å². The Bertz CT molecular complexity index is 781. The average molecular weight is 368 g/mol. The molecule has 1 heterocycles. The van der Waals surface area contributed by atoms with Gasteiger partial charge in [-0.15, -0.1) is 0 Å². The molecule has 138 valence electrons. The highest BCUT2D eigenvalue weighted by Crippen LogP contribution is 2.31. The third-order valence-electron chi connectivity index (χ3n) is 3.77. The fourth-order valence-electron chi connectivity index (χ4n) is 2.71. The molecule has 1 N–H and O–H groups in total. The number of benzene rings is 1. The van der Waals surface area contributed by atoms with Crippen molar-refractivity contribution in [2.45, 2.75) is 50.5 Å². The fourth-order valence-corrected chi connectivity index (χ4v) is 4.18. The summed E-state index contributed by atoms with van der Waals surface area (Å²) in [6.07, 6.45) is 0.680. The van der Waals surface area contributed by atoms with E-state index in [1.807, 2.05) is 0 Å². The first-order valence-electron chi connectivity index (χ1n) is 8.07. The summed E-state index contributed by atoms with van der Waals surface area (Å²) < 4.78 is 32.0. The second kappa shape index (κ2) is 7.13. The number of esters is 1. The van der Waals surface area contributed by atoms with Gasteiger partial charge in [0, 0.05) is 24.2 Å². The number of nitrogens with zero attached hydrogens (tertiary/aromatic N) is 1. The fraction of sp³-hybridized carbons (Fsp3) is 0.529. The van der Waals surface area contributed by atoms with E-state index in [0.29, 0.717) is 18.7 Å². The van der Waals surface area contributed by atoms with Crippen molar-refractivity contribution in [1.82, 2.24) is 4.72 Å². The number of nitrogens with one attached hydrogen (secondary N) is 1. The Hall–Kier alpha value is -1.93. The molecule has 0 fully saturated rings. The summed E-state index contributed by atoms with van der Waals surface area (Å²) in [5, 5.41) is 0. The molecule has 0 aromatic heterocycles. The Kier molecular flexibility index (Phi) is 5.53. The molecule has 7 nitrogen and oxygen atoms in total. The number of carbonyl (C=O) groups excluding carboxylic acids is 2. The van der Waals surface area contributed by atoms with Crippen LogP contribution in [0.25, 0.3) is 0 Å². The van der Waals surface area contributed by atoms with E-state index in [2.05, 4.69) is 9.46 Å². The molecule has 1 aromatic rings. The van der Waals surface area contributed by atoms with Gasteiger partial charge in [-0.05, 0) is 51.0 Å². The molecule has 0 unspecified atom stereocenters. The molecule has 1 aliphatic heterocycles. The number of hydrogen-bond donors (Lipinski definition) is 1. The van der Waals surface area contributed by atoms with E-state index in [-0.39, 0.29) is 23.6 Å². The van der Waals surface area contributed by atoms with Crippen LogP contribution in [-0.4, -0.2) is 39.5 Å². The molecule has 0 aliphatic carbocycles. The molecule has 8 heteroatoms. The predicted molar refractivity (Wildman–Crippen MR) is 93.8 cm³/mol. The first kappa shape index (κ1) is 19.4. The third-order valence-corrected chi connectivity index (χ3v) is 5.52. The second-order valence-corrected chi connectivity index (χ2v) is 8.70. The summed E-state index contributed by atoms with van der Waals surface area (Å²) in [5.74, 6) is -0.602. The van der Waals surface area contributed by atoms with Gasteiger partial charge in [0.1, 0.15) is 0 Å². The zero-order valence-corrected chi connectivity index (χ0v) is 15.8. The number of carbonyl (C=O) groups is 2. The number of hydrogen-bond acceptors (Lipinski definition) is 5. The third kappa shape index (κ3) is 4.79. The Morgan fingerprint density at radius 3 is 2.52 bits per heavy atom. The van der Waals surface area contributed by atoms with Gasteiger partial charge in [-0.1, -0.05) is 0 Å². The van der Waals surface area contributed by atoms with E-state index >= 15 is 0 Å². The van der Waals surface area contributed by atoms with E-state index in [1.54, 1.807) is 37.8 Å². The van der Waals surface area contributed by atoms with Crippen LogP contribution < -0.4 is 9.62 Å². The van der Waals surface area contributed by atoms with E-state index < -0.39 is 21.5 Å². The molecular weight excluding hydrogens is 344 g/mol. The van der Waals surface area contributed by atoms with Gasteiger partial charge < -0.3 is 9.64 Å². The van der Waals surface area contributed by atoms with Gasteiger partial charge in [-0.25, -0.2) is 13.1 Å². The van der Waals surface area contributed by atoms with Gasteiger partial charge in [0.25, 0.3) is 0 Å². The lowest BCUT2D eigenvalue weighted by atomic mass is 10.1. The minimum atomic E-state index is -3.62. The normalized spacial score (nSPS) is 14.3. The lowest BCUT2D eigenvalue weighted by molar-refractivity contribution is -0.141. The minimum Gasteiger partial charge on any atom is -0.469 e. The van der Waals surface area contributed by atoms with Crippen molar-refractivity contribution in [1.29, 1.82) is 0 Å². The SMILES string of the molecule is COC(=O)CCC(=O)N1CCc2cc(S(=O)(=O)NC(C)(C)C)ccc21. The second-order valence-electron chi connectivity index (χ2n) is 7.02. The highest BCUT2D eigenvalue weighted by Gasteiger charge is 2.28. The average Bonchev–Trinajstić information content (AvgIpc) is 2.93. The molecule has 0 bridgehead atoms. The van der Waals surface area contributed by atoms with Crippen LogP contribution in [0.5, 0.6) is 0 Å². The van der Waals surface area contributed by atoms with Crippen LogP contribution in [0.2, 0.25) is 0 Å². The van der Waals surface area contributed by atoms with Gasteiger partial charge in [-0.2, -0.15) is 0 Å². The Labute approximate surface area is 148 Å². The molecule has 0 radical (unpaired) electrons. The smallest absolute Gasteiger partial charge is 0.306 e. The molecule has 0 saturated heterocycles. The van der Waals surface area contributed by atoms with Crippen LogP contribution in [0, 0.1) is 0 Å². The van der Waals surface area contributed by atoms with E-state index in [0.717, 1.165) is 5.56 Å². The maximum atomic E-state index is 12.4. The summed E-state index contributed by atoms with van der Waals surface area (Å²) >= 11 is 0. The zero-order valence-electron chi connectivity index (χ0n) is 15.0. The first-order chi connectivity index (χ1) is 11.5. The monoisotopic (exact) mass is 368 g/mol. The van der Waals surface area contributed by atoms with E-state index in [4.69, 9.17) is 0 Å². The Morgan fingerprint density at radius 2 is 1.92 bits per heavy atom. The van der Waals surface area contributed by atoms with Crippen molar-refractivity contribution in [2.75, 3.05) is 18.6 Å². The predicted octanol–water partition coefficient (Wildman–Crippen LogP) is 1.61. The largest absolute Gasteiger partial charge is 0.469 e. The van der Waals surface area contributed by atoms with Crippen molar-refractivity contribution in [3.63, 3.8) is 0 Å². The van der Waals surface area contributed by atoms with Crippen LogP contribution in [0.15, 0.2) is 23.1 Å². The lowest BCUT2D eigenvalue weighted by Crippen LogP contribution is -2.40. The Balaban J connectivity index is 2.18. The molecule has 0 spiro atoms. The van der Waals surface area contributed by atoms with Gasteiger partial charge in [0.2, 0.25) is 15.9 Å². The summed E-state index contributed by atoms with van der Waals surface area (Å²) in [6, 6.07) is 4.76. The summed E-state index contributed by atoms with van der Waals surface area (Å²) in [6.45, 7) is 5.81. The molecule has 0 atom stereocenters. The van der Waals surface area contributed by atoms with Crippen molar-refractivity contribution in [2.24, 2.45) is 0 Å². The number of fused-ring (bicyclic) bond motifs is 1. The standard InChI is InChI=1S/C17H24N2O5S/c1-17(2,3)18-25(22,23)13-5-6-14-12(11-13)9-10-19(14)15(20)7-8-16(21)24-4/h5-6,11,18H,7-10H2,1-4H3. The number of anilines is 1. The van der Waals surface area contributed by atoms with Gasteiger partial charge in [0.05, 0.1) is 18.4 Å². The quantitative estimate of drug-likeness (QED) is 0.797. The van der Waals surface area contributed by atoms with Crippen molar-refractivity contribution in [3.8, 4) is 0 Å². The maximum Gasteiger partial charge on any atom is 0.306 e. The van der Waals surface area contributed by atoms with Gasteiger partial charge >= 0.3 is 5.97 Å². The molecular formula is C17H24N2O5S. The highest BCUT2D eigenvalue weighted by molar-refractivity contribution is 7.89. The number of methoxy groups -OCH3 is 1. The summed E-state index contributed by atoms with van der Waals surface area (Å²) in [5.41, 5.74) is 0.932. The molecule has 1 aliphatic rings. The first-order valence-corrected chi connectivity index (χ1v) is 9.56. The molecule has 1 aromatic carbocycles. The highest BCUT2D eigenvalue weighted by atomic mass is 32.2.